The molecule has 1 aromatic heterocycles. The topological polar surface area (TPSA) is 47.3 Å². The van der Waals surface area contributed by atoms with Gasteiger partial charge in [-0.1, -0.05) is 22.2 Å². The Labute approximate surface area is 69.0 Å². The quantitative estimate of drug-likeness (QED) is 0.538. The largest absolute Gasteiger partial charge is 0.477 e. The Kier molecular flexibility index (Phi) is 2.43. The molecule has 0 aliphatic heterocycles. The van der Waals surface area contributed by atoms with Crippen LogP contribution in [0.25, 0.3) is 0 Å². The van der Waals surface area contributed by atoms with Crippen molar-refractivity contribution in [2.45, 2.75) is 6.92 Å². The second-order valence-corrected chi connectivity index (χ2v) is 2.25. The molecule has 0 amide bonds. The Hall–Kier alpha value is -1.10. The van der Waals surface area contributed by atoms with Crippen LogP contribution in [0.15, 0.2) is 12.1 Å². The van der Waals surface area contributed by atoms with Crippen LogP contribution in [0.5, 0.6) is 5.88 Å². The van der Waals surface area contributed by atoms with Gasteiger partial charge < -0.3 is 9.94 Å². The van der Waals surface area contributed by atoms with Gasteiger partial charge in [-0.15, -0.1) is 0 Å². The van der Waals surface area contributed by atoms with E-state index in [0.29, 0.717) is 17.3 Å². The highest BCUT2D eigenvalue weighted by Gasteiger charge is 1.94. The fourth-order valence-electron chi connectivity index (χ4n) is 0.610. The van der Waals surface area contributed by atoms with E-state index in [4.69, 9.17) is 22.2 Å². The molecular weight excluding hydrogens is 164 g/mol. The Bertz CT molecular complexity index is 297. The van der Waals surface area contributed by atoms with Crippen molar-refractivity contribution in [1.29, 1.82) is 0 Å². The number of nitrogens with zero attached hydrogens (tertiary/aromatic N) is 2. The van der Waals surface area contributed by atoms with Crippen LogP contribution in [0.1, 0.15) is 6.92 Å². The molecule has 5 heteroatoms. The number of hydrogen-bond donors (Lipinski definition) is 1. The highest BCUT2D eigenvalue weighted by Crippen LogP contribution is 2.03. The molecule has 1 N–H and O–H groups in total. The zero-order chi connectivity index (χ0) is 8.27. The predicted octanol–water partition coefficient (Wildman–Crippen LogP) is 1.25. The molecule has 1 heterocycles. The molecule has 1 aromatic rings. The molecular formula is C6H8N2O2S. The van der Waals surface area contributed by atoms with E-state index in [1.165, 1.54) is 0 Å². The SMILES string of the molecule is CCOc1ccc(=S)n(O)n1. The van der Waals surface area contributed by atoms with Crippen molar-refractivity contribution in [1.82, 2.24) is 9.94 Å². The second-order valence-electron chi connectivity index (χ2n) is 1.83. The van der Waals surface area contributed by atoms with Gasteiger partial charge in [-0.05, 0) is 13.0 Å². The van der Waals surface area contributed by atoms with Crippen LogP contribution in [0.3, 0.4) is 0 Å². The summed E-state index contributed by atoms with van der Waals surface area (Å²) in [5.41, 5.74) is 0. The lowest BCUT2D eigenvalue weighted by atomic mass is 10.6. The van der Waals surface area contributed by atoms with Crippen molar-refractivity contribution in [2.24, 2.45) is 0 Å². The first-order valence-corrected chi connectivity index (χ1v) is 3.57. The molecule has 0 bridgehead atoms. The van der Waals surface area contributed by atoms with E-state index in [9.17, 15) is 0 Å². The van der Waals surface area contributed by atoms with Crippen molar-refractivity contribution in [3.05, 3.63) is 16.8 Å². The lowest BCUT2D eigenvalue weighted by molar-refractivity contribution is 0.130. The van der Waals surface area contributed by atoms with E-state index in [-0.39, 0.29) is 4.64 Å². The van der Waals surface area contributed by atoms with Crippen molar-refractivity contribution >= 4 is 12.2 Å². The van der Waals surface area contributed by atoms with E-state index in [0.717, 1.165) is 0 Å². The minimum absolute atomic E-state index is 0.258. The summed E-state index contributed by atoms with van der Waals surface area (Å²) < 4.78 is 5.26. The maximum absolute atomic E-state index is 8.95. The van der Waals surface area contributed by atoms with Gasteiger partial charge in [-0.2, -0.15) is 0 Å². The summed E-state index contributed by atoms with van der Waals surface area (Å²) in [7, 11) is 0. The minimum atomic E-state index is 0.258. The van der Waals surface area contributed by atoms with Crippen LogP contribution in [-0.4, -0.2) is 21.8 Å². The van der Waals surface area contributed by atoms with Gasteiger partial charge in [0.05, 0.1) is 6.61 Å². The fraction of sp³-hybridized carbons (Fsp3) is 0.333. The zero-order valence-electron chi connectivity index (χ0n) is 6.02. The van der Waals surface area contributed by atoms with Crippen LogP contribution >= 0.6 is 12.2 Å². The molecule has 0 aromatic carbocycles. The molecule has 0 fully saturated rings. The molecule has 0 aliphatic carbocycles. The number of ether oxygens (including phenoxy) is 1. The maximum Gasteiger partial charge on any atom is 0.234 e. The highest BCUT2D eigenvalue weighted by atomic mass is 32.1. The summed E-state index contributed by atoms with van der Waals surface area (Å²) in [5.74, 6) is 0.364. The van der Waals surface area contributed by atoms with Gasteiger partial charge >= 0.3 is 0 Å². The Morgan fingerprint density at radius 2 is 2.45 bits per heavy atom. The second kappa shape index (κ2) is 3.34. The molecule has 60 valence electrons. The lowest BCUT2D eigenvalue weighted by Crippen LogP contribution is -2.03. The van der Waals surface area contributed by atoms with Gasteiger partial charge in [0, 0.05) is 6.07 Å². The molecule has 0 spiro atoms. The monoisotopic (exact) mass is 172 g/mol. The van der Waals surface area contributed by atoms with Crippen LogP contribution < -0.4 is 4.74 Å². The third-order valence-electron chi connectivity index (χ3n) is 1.05. The van der Waals surface area contributed by atoms with E-state index in [1.54, 1.807) is 12.1 Å². The van der Waals surface area contributed by atoms with Crippen molar-refractivity contribution in [3.8, 4) is 5.88 Å². The van der Waals surface area contributed by atoms with Crippen molar-refractivity contribution in [3.63, 3.8) is 0 Å². The average molecular weight is 172 g/mol. The number of rotatable bonds is 2. The number of aromatic nitrogens is 2. The van der Waals surface area contributed by atoms with Crippen LogP contribution in [0, 0.1) is 4.64 Å². The van der Waals surface area contributed by atoms with Crippen molar-refractivity contribution < 1.29 is 9.94 Å². The summed E-state index contributed by atoms with van der Waals surface area (Å²) in [6.07, 6.45) is 0. The average Bonchev–Trinajstić information content (AvgIpc) is 1.98. The fourth-order valence-corrected chi connectivity index (χ4v) is 0.719. The van der Waals surface area contributed by atoms with Gasteiger partial charge in [0.1, 0.15) is 0 Å². The van der Waals surface area contributed by atoms with E-state index in [1.807, 2.05) is 6.92 Å². The summed E-state index contributed by atoms with van der Waals surface area (Å²) in [6, 6.07) is 3.16. The molecule has 0 unspecified atom stereocenters. The third-order valence-corrected chi connectivity index (χ3v) is 1.35. The molecule has 0 atom stereocenters. The first kappa shape index (κ1) is 8.00. The maximum atomic E-state index is 8.95. The van der Waals surface area contributed by atoms with E-state index >= 15 is 0 Å². The van der Waals surface area contributed by atoms with Gasteiger partial charge in [-0.25, -0.2) is 0 Å². The van der Waals surface area contributed by atoms with Crippen molar-refractivity contribution in [2.75, 3.05) is 6.61 Å². The normalized spacial score (nSPS) is 9.55. The molecule has 0 saturated heterocycles. The van der Waals surface area contributed by atoms with Crippen LogP contribution in [-0.2, 0) is 0 Å². The lowest BCUT2D eigenvalue weighted by Gasteiger charge is -2.01. The smallest absolute Gasteiger partial charge is 0.234 e. The summed E-state index contributed by atoms with van der Waals surface area (Å²) in [6.45, 7) is 2.36. The zero-order valence-corrected chi connectivity index (χ0v) is 6.84. The standard InChI is InChI=1S/C6H8N2O2S/c1-2-10-5-3-4-6(11)8(9)7-5/h3-4,9H,2H2,1H3. The minimum Gasteiger partial charge on any atom is -0.477 e. The Morgan fingerprint density at radius 1 is 1.73 bits per heavy atom. The highest BCUT2D eigenvalue weighted by molar-refractivity contribution is 7.71. The Morgan fingerprint density at radius 3 is 3.00 bits per heavy atom. The summed E-state index contributed by atoms with van der Waals surface area (Å²) in [4.78, 5) is 0.611. The van der Waals surface area contributed by atoms with Gasteiger partial charge in [0.2, 0.25) is 5.88 Å². The first-order chi connectivity index (χ1) is 5.24. The van der Waals surface area contributed by atoms with Gasteiger partial charge in [0.15, 0.2) is 4.64 Å². The first-order valence-electron chi connectivity index (χ1n) is 3.16. The predicted molar refractivity (Wildman–Crippen MR) is 41.4 cm³/mol. The summed E-state index contributed by atoms with van der Waals surface area (Å²) in [5, 5.41) is 12.6. The summed E-state index contributed by atoms with van der Waals surface area (Å²) >= 11 is 4.69. The van der Waals surface area contributed by atoms with Gasteiger partial charge in [0.25, 0.3) is 0 Å². The molecule has 1 rings (SSSR count). The molecule has 11 heavy (non-hydrogen) atoms. The Balaban J connectivity index is 2.96. The molecule has 0 saturated carbocycles. The van der Waals surface area contributed by atoms with E-state index in [2.05, 4.69) is 5.10 Å². The van der Waals surface area contributed by atoms with Crippen LogP contribution in [0.4, 0.5) is 0 Å². The number of hydrogen-bond acceptors (Lipinski definition) is 4. The van der Waals surface area contributed by atoms with Gasteiger partial charge in [-0.3, -0.25) is 0 Å². The molecule has 0 aliphatic rings. The molecule has 4 nitrogen and oxygen atoms in total. The third kappa shape index (κ3) is 1.91. The van der Waals surface area contributed by atoms with E-state index < -0.39 is 0 Å². The van der Waals surface area contributed by atoms with Crippen LogP contribution in [0.2, 0.25) is 0 Å². The molecule has 0 radical (unpaired) electrons.